The van der Waals surface area contributed by atoms with E-state index in [2.05, 4.69) is 41.4 Å². The van der Waals surface area contributed by atoms with Gasteiger partial charge in [-0.05, 0) is 88.4 Å². The van der Waals surface area contributed by atoms with Crippen LogP contribution in [0, 0.1) is 11.3 Å². The topological polar surface area (TPSA) is 61.2 Å². The Kier molecular flexibility index (Phi) is 6.69. The molecule has 33 heavy (non-hydrogen) atoms. The number of hydrogen-bond acceptors (Lipinski definition) is 5. The molecule has 3 aliphatic rings. The Morgan fingerprint density at radius 3 is 2.67 bits per heavy atom. The molecule has 1 saturated heterocycles. The van der Waals surface area contributed by atoms with Gasteiger partial charge in [-0.15, -0.1) is 0 Å². The van der Waals surface area contributed by atoms with Gasteiger partial charge in [-0.2, -0.15) is 5.26 Å². The number of benzene rings is 1. The average molecular weight is 463 g/mol. The van der Waals surface area contributed by atoms with E-state index in [9.17, 15) is 0 Å². The van der Waals surface area contributed by atoms with Crippen LogP contribution in [0.25, 0.3) is 6.08 Å². The van der Waals surface area contributed by atoms with Crippen LogP contribution in [-0.2, 0) is 6.54 Å². The summed E-state index contributed by atoms with van der Waals surface area (Å²) in [5, 5.41) is 12.9. The van der Waals surface area contributed by atoms with Gasteiger partial charge in [0.1, 0.15) is 11.8 Å². The third-order valence-electron chi connectivity index (χ3n) is 7.39. The summed E-state index contributed by atoms with van der Waals surface area (Å²) in [6.07, 6.45) is 9.05. The molecule has 0 amide bonds. The minimum Gasteiger partial charge on any atom is -0.490 e. The molecule has 1 unspecified atom stereocenters. The fourth-order valence-corrected chi connectivity index (χ4v) is 5.71. The lowest BCUT2D eigenvalue weighted by Gasteiger charge is -2.37. The van der Waals surface area contributed by atoms with Crippen LogP contribution < -0.4 is 10.1 Å². The van der Waals surface area contributed by atoms with Crippen molar-refractivity contribution in [3.63, 3.8) is 0 Å². The van der Waals surface area contributed by atoms with E-state index < -0.39 is 0 Å². The monoisotopic (exact) mass is 462 g/mol. The van der Waals surface area contributed by atoms with E-state index in [0.29, 0.717) is 22.7 Å². The van der Waals surface area contributed by atoms with Crippen LogP contribution in [0.15, 0.2) is 35.9 Å². The van der Waals surface area contributed by atoms with Gasteiger partial charge < -0.3 is 10.1 Å². The first-order valence-electron chi connectivity index (χ1n) is 12.1. The van der Waals surface area contributed by atoms with Crippen molar-refractivity contribution in [1.82, 2.24) is 15.2 Å². The number of nitrogens with zero attached hydrogens (tertiary/aromatic N) is 3. The lowest BCUT2D eigenvalue weighted by Crippen LogP contribution is -2.38. The molecule has 1 aliphatic carbocycles. The maximum atomic E-state index is 9.05. The van der Waals surface area contributed by atoms with Gasteiger partial charge in [-0.1, -0.05) is 23.2 Å². The first kappa shape index (κ1) is 22.4. The van der Waals surface area contributed by atoms with E-state index in [0.717, 1.165) is 69.6 Å². The Labute approximate surface area is 201 Å². The predicted molar refractivity (Wildman–Crippen MR) is 131 cm³/mol. The second kappa shape index (κ2) is 9.85. The van der Waals surface area contributed by atoms with E-state index in [-0.39, 0.29) is 6.10 Å². The number of pyridine rings is 1. The second-order valence-electron chi connectivity index (χ2n) is 9.47. The summed E-state index contributed by atoms with van der Waals surface area (Å²) in [7, 11) is 0. The number of halogens is 1. The van der Waals surface area contributed by atoms with Crippen molar-refractivity contribution < 1.29 is 4.74 Å². The summed E-state index contributed by atoms with van der Waals surface area (Å²) >= 11 is 6.16. The van der Waals surface area contributed by atoms with Crippen LogP contribution in [0.4, 0.5) is 0 Å². The minimum absolute atomic E-state index is 0.201. The zero-order valence-corrected chi connectivity index (χ0v) is 19.9. The molecule has 1 saturated carbocycles. The summed E-state index contributed by atoms with van der Waals surface area (Å²) < 4.78 is 6.19. The van der Waals surface area contributed by atoms with E-state index >= 15 is 0 Å². The Balaban J connectivity index is 1.19. The van der Waals surface area contributed by atoms with Crippen molar-refractivity contribution in [3.05, 3.63) is 63.4 Å². The van der Waals surface area contributed by atoms with Crippen LogP contribution in [0.5, 0.6) is 5.75 Å². The van der Waals surface area contributed by atoms with Crippen molar-refractivity contribution in [2.45, 2.75) is 70.2 Å². The quantitative estimate of drug-likeness (QED) is 0.637. The molecule has 2 aliphatic heterocycles. The number of nitriles is 1. The highest BCUT2D eigenvalue weighted by atomic mass is 35.5. The van der Waals surface area contributed by atoms with Gasteiger partial charge in [-0.3, -0.25) is 9.88 Å². The molecule has 0 bridgehead atoms. The van der Waals surface area contributed by atoms with Gasteiger partial charge in [0.05, 0.1) is 28.1 Å². The molecule has 3 heterocycles. The standard InChI is InChI=1S/C27H31ClN4O/c1-18-25-9-3-21(14-19-10-12-30-13-11-19)31-27(25)17-32(18)22-4-7-23(8-5-22)33-24-6-2-20(16-29)26(28)15-24/h2-3,6,9,14-15,18,22-23,30H,4-5,7-8,10-13,17H2,1H3. The van der Waals surface area contributed by atoms with Gasteiger partial charge in [0.2, 0.25) is 0 Å². The number of fused-ring (bicyclic) bond motifs is 1. The fraction of sp³-hybridized carbons (Fsp3) is 0.481. The van der Waals surface area contributed by atoms with Crippen molar-refractivity contribution in [3.8, 4) is 11.8 Å². The number of aromatic nitrogens is 1. The van der Waals surface area contributed by atoms with Crippen LogP contribution in [0.1, 0.15) is 74.0 Å². The SMILES string of the molecule is CC1c2ccc(C=C3CCNCC3)nc2CN1C1CCC(Oc2ccc(C#N)c(Cl)c2)CC1. The highest BCUT2D eigenvalue weighted by Gasteiger charge is 2.35. The Morgan fingerprint density at radius 1 is 1.15 bits per heavy atom. The molecule has 5 rings (SSSR count). The summed E-state index contributed by atoms with van der Waals surface area (Å²) in [4.78, 5) is 7.67. The maximum Gasteiger partial charge on any atom is 0.121 e. The van der Waals surface area contributed by atoms with Gasteiger partial charge in [-0.25, -0.2) is 0 Å². The van der Waals surface area contributed by atoms with Crippen molar-refractivity contribution in [2.75, 3.05) is 13.1 Å². The van der Waals surface area contributed by atoms with Gasteiger partial charge >= 0.3 is 0 Å². The zero-order valence-electron chi connectivity index (χ0n) is 19.2. The molecule has 2 fully saturated rings. The van der Waals surface area contributed by atoms with Crippen LogP contribution in [-0.4, -0.2) is 35.1 Å². The molecule has 5 nitrogen and oxygen atoms in total. The fourth-order valence-electron chi connectivity index (χ4n) is 5.50. The molecule has 1 aromatic carbocycles. The first-order chi connectivity index (χ1) is 16.1. The molecule has 172 valence electrons. The third-order valence-corrected chi connectivity index (χ3v) is 7.70. The summed E-state index contributed by atoms with van der Waals surface area (Å²) in [5.74, 6) is 0.754. The van der Waals surface area contributed by atoms with Gasteiger partial charge in [0.15, 0.2) is 0 Å². The highest BCUT2D eigenvalue weighted by molar-refractivity contribution is 6.31. The highest BCUT2D eigenvalue weighted by Crippen LogP contribution is 2.39. The molecule has 0 spiro atoms. The second-order valence-corrected chi connectivity index (χ2v) is 9.88. The lowest BCUT2D eigenvalue weighted by atomic mass is 9.91. The molecular formula is C27H31ClN4O. The van der Waals surface area contributed by atoms with Crippen molar-refractivity contribution in [1.29, 1.82) is 5.26 Å². The summed E-state index contributed by atoms with van der Waals surface area (Å²) in [6, 6.07) is 12.9. The van der Waals surface area contributed by atoms with E-state index in [1.807, 2.05) is 6.07 Å². The van der Waals surface area contributed by atoms with E-state index in [4.69, 9.17) is 26.6 Å². The third kappa shape index (κ3) is 4.94. The van der Waals surface area contributed by atoms with Gasteiger partial charge in [0.25, 0.3) is 0 Å². The normalized spacial score (nSPS) is 25.4. The molecule has 1 N–H and O–H groups in total. The number of nitrogens with one attached hydrogen (secondary N) is 1. The lowest BCUT2D eigenvalue weighted by molar-refractivity contribution is 0.0704. The van der Waals surface area contributed by atoms with Crippen molar-refractivity contribution in [2.24, 2.45) is 0 Å². The molecule has 6 heteroatoms. The molecule has 0 radical (unpaired) electrons. The van der Waals surface area contributed by atoms with Crippen molar-refractivity contribution >= 4 is 17.7 Å². The largest absolute Gasteiger partial charge is 0.490 e. The zero-order chi connectivity index (χ0) is 22.8. The van der Waals surface area contributed by atoms with Crippen LogP contribution in [0.2, 0.25) is 5.02 Å². The Bertz CT molecular complexity index is 1080. The maximum absolute atomic E-state index is 9.05. The Morgan fingerprint density at radius 2 is 1.94 bits per heavy atom. The minimum atomic E-state index is 0.201. The summed E-state index contributed by atoms with van der Waals surface area (Å²) in [6.45, 7) is 5.41. The van der Waals surface area contributed by atoms with Crippen LogP contribution in [0.3, 0.4) is 0 Å². The average Bonchev–Trinajstić information content (AvgIpc) is 3.16. The number of piperidine rings is 1. The number of rotatable bonds is 4. The first-order valence-corrected chi connectivity index (χ1v) is 12.5. The Hall–Kier alpha value is -2.39. The predicted octanol–water partition coefficient (Wildman–Crippen LogP) is 5.64. The van der Waals surface area contributed by atoms with E-state index in [1.165, 1.54) is 16.8 Å². The smallest absolute Gasteiger partial charge is 0.121 e. The number of ether oxygens (including phenoxy) is 1. The molecule has 1 atom stereocenters. The van der Waals surface area contributed by atoms with E-state index in [1.54, 1.807) is 12.1 Å². The molecule has 2 aromatic rings. The molecular weight excluding hydrogens is 432 g/mol. The summed E-state index contributed by atoms with van der Waals surface area (Å²) in [5.41, 5.74) is 5.73. The number of hydrogen-bond donors (Lipinski definition) is 1. The molecule has 1 aromatic heterocycles. The van der Waals surface area contributed by atoms with Crippen LogP contribution >= 0.6 is 11.6 Å². The van der Waals surface area contributed by atoms with Gasteiger partial charge in [0, 0.05) is 24.7 Å².